The van der Waals surface area contributed by atoms with Crippen LogP contribution in [0.15, 0.2) is 48.6 Å². The molecule has 0 fully saturated rings. The van der Waals surface area contributed by atoms with Crippen molar-refractivity contribution < 1.29 is 9.59 Å². The molecule has 5 heteroatoms. The fraction of sp³-hybridized carbons (Fsp3) is 0.583. The molecule has 2 aliphatic carbocycles. The average Bonchev–Trinajstić information content (AvgIpc) is 2.62. The number of thioether (sulfide) groups is 3. The minimum absolute atomic E-state index is 0.135. The van der Waals surface area contributed by atoms with Crippen molar-refractivity contribution in [2.75, 3.05) is 0 Å². The lowest BCUT2D eigenvalue weighted by Gasteiger charge is -2.24. The van der Waals surface area contributed by atoms with Crippen LogP contribution >= 0.6 is 35.3 Å². The van der Waals surface area contributed by atoms with Gasteiger partial charge in [-0.3, -0.25) is 9.59 Å². The number of hydrogen-bond acceptors (Lipinski definition) is 5. The molecular formula is C24H34O2S3. The van der Waals surface area contributed by atoms with Crippen molar-refractivity contribution in [3.05, 3.63) is 48.6 Å². The van der Waals surface area contributed by atoms with Crippen molar-refractivity contribution in [2.45, 2.75) is 86.2 Å². The van der Waals surface area contributed by atoms with E-state index in [1.54, 1.807) is 13.8 Å². The average molecular weight is 451 g/mol. The molecule has 0 aromatic rings. The minimum Gasteiger partial charge on any atom is -0.282 e. The molecular weight excluding hydrogens is 416 g/mol. The second-order valence-corrected chi connectivity index (χ2v) is 12.0. The summed E-state index contributed by atoms with van der Waals surface area (Å²) in [5.74, 6) is 0. The third-order valence-corrected chi connectivity index (χ3v) is 9.26. The number of rotatable bonds is 6. The maximum atomic E-state index is 11.9. The Labute approximate surface area is 189 Å². The number of hydrogen-bond donors (Lipinski definition) is 0. The summed E-state index contributed by atoms with van der Waals surface area (Å²) in [5, 5.41) is 2.16. The first-order valence-electron chi connectivity index (χ1n) is 10.6. The van der Waals surface area contributed by atoms with Crippen LogP contribution in [0.4, 0.5) is 0 Å². The van der Waals surface area contributed by atoms with Crippen molar-refractivity contribution >= 4 is 45.5 Å². The second kappa shape index (κ2) is 12.9. The fourth-order valence-electron chi connectivity index (χ4n) is 3.46. The van der Waals surface area contributed by atoms with Gasteiger partial charge in [0.05, 0.1) is 0 Å². The van der Waals surface area contributed by atoms with Crippen LogP contribution in [0.25, 0.3) is 0 Å². The third kappa shape index (κ3) is 9.35. The molecule has 0 bridgehead atoms. The van der Waals surface area contributed by atoms with Crippen LogP contribution in [0.3, 0.4) is 0 Å². The van der Waals surface area contributed by atoms with E-state index in [4.69, 9.17) is 0 Å². The first kappa shape index (κ1) is 24.6. The van der Waals surface area contributed by atoms with Gasteiger partial charge in [-0.15, -0.1) is 11.8 Å². The minimum atomic E-state index is 0.135. The van der Waals surface area contributed by atoms with Crippen LogP contribution in [0.1, 0.15) is 65.2 Å². The fourth-order valence-corrected chi connectivity index (χ4v) is 6.90. The van der Waals surface area contributed by atoms with E-state index in [1.165, 1.54) is 49.2 Å². The lowest BCUT2D eigenvalue weighted by molar-refractivity contribution is -0.108. The summed E-state index contributed by atoms with van der Waals surface area (Å²) in [7, 11) is 0. The lowest BCUT2D eigenvalue weighted by atomic mass is 10.1. The van der Waals surface area contributed by atoms with Crippen LogP contribution in [-0.2, 0) is 9.59 Å². The third-order valence-electron chi connectivity index (χ3n) is 5.12. The van der Waals surface area contributed by atoms with Crippen molar-refractivity contribution in [3.63, 3.8) is 0 Å². The van der Waals surface area contributed by atoms with E-state index in [1.807, 2.05) is 0 Å². The van der Waals surface area contributed by atoms with Crippen molar-refractivity contribution in [3.8, 4) is 0 Å². The summed E-state index contributed by atoms with van der Waals surface area (Å²) in [6.45, 7) is 11.1. The first-order valence-corrected chi connectivity index (χ1v) is 13.3. The Kier molecular flexibility index (Phi) is 11.0. The maximum absolute atomic E-state index is 11.9. The molecule has 0 saturated carbocycles. The smallest absolute Gasteiger partial charge is 0.214 e. The van der Waals surface area contributed by atoms with E-state index in [9.17, 15) is 9.59 Å². The molecule has 2 aliphatic rings. The molecule has 29 heavy (non-hydrogen) atoms. The highest BCUT2D eigenvalue weighted by Gasteiger charge is 2.21. The molecule has 2 nitrogen and oxygen atoms in total. The van der Waals surface area contributed by atoms with E-state index in [0.29, 0.717) is 32.1 Å². The van der Waals surface area contributed by atoms with Gasteiger partial charge in [0.25, 0.3) is 0 Å². The van der Waals surface area contributed by atoms with E-state index in [-0.39, 0.29) is 10.2 Å². The van der Waals surface area contributed by atoms with E-state index >= 15 is 0 Å². The molecule has 0 radical (unpaired) electrons. The molecule has 4 atom stereocenters. The molecule has 0 heterocycles. The van der Waals surface area contributed by atoms with Crippen LogP contribution in [-0.4, -0.2) is 31.2 Å². The monoisotopic (exact) mass is 450 g/mol. The SMILES string of the molecule is C=C(C)C(=O)SC1CC=CC(SC2C=CCC(SC(=O)C(=C)C)CCC2)CCC1. The van der Waals surface area contributed by atoms with Gasteiger partial charge in [-0.2, -0.15) is 0 Å². The van der Waals surface area contributed by atoms with Crippen LogP contribution in [0.5, 0.6) is 0 Å². The normalized spacial score (nSPS) is 27.9. The molecule has 0 spiro atoms. The van der Waals surface area contributed by atoms with Crippen molar-refractivity contribution in [1.82, 2.24) is 0 Å². The van der Waals surface area contributed by atoms with Crippen LogP contribution in [0, 0.1) is 0 Å². The Morgan fingerprint density at radius 1 is 0.759 bits per heavy atom. The Morgan fingerprint density at radius 2 is 1.17 bits per heavy atom. The van der Waals surface area contributed by atoms with Crippen molar-refractivity contribution in [2.24, 2.45) is 0 Å². The van der Waals surface area contributed by atoms with Gasteiger partial charge in [0.1, 0.15) is 0 Å². The summed E-state index contributed by atoms with van der Waals surface area (Å²) < 4.78 is 0. The summed E-state index contributed by atoms with van der Waals surface area (Å²) in [4.78, 5) is 23.8. The summed E-state index contributed by atoms with van der Waals surface area (Å²) in [6.07, 6.45) is 18.1. The summed E-state index contributed by atoms with van der Waals surface area (Å²) in [5.41, 5.74) is 1.30. The van der Waals surface area contributed by atoms with E-state index < -0.39 is 0 Å². The zero-order valence-corrected chi connectivity index (χ0v) is 20.2. The highest BCUT2D eigenvalue weighted by Crippen LogP contribution is 2.34. The predicted octanol–water partition coefficient (Wildman–Crippen LogP) is 7.13. The highest BCUT2D eigenvalue weighted by molar-refractivity contribution is 8.14. The zero-order chi connectivity index (χ0) is 21.2. The van der Waals surface area contributed by atoms with Gasteiger partial charge >= 0.3 is 0 Å². The van der Waals surface area contributed by atoms with Gasteiger partial charge in [-0.25, -0.2) is 0 Å². The quantitative estimate of drug-likeness (QED) is 0.318. The maximum Gasteiger partial charge on any atom is 0.214 e. The molecule has 4 unspecified atom stereocenters. The van der Waals surface area contributed by atoms with E-state index in [0.717, 1.165) is 25.7 Å². The topological polar surface area (TPSA) is 34.1 Å². The molecule has 0 aromatic heterocycles. The highest BCUT2D eigenvalue weighted by atomic mass is 32.2. The largest absolute Gasteiger partial charge is 0.282 e. The molecule has 0 aromatic carbocycles. The van der Waals surface area contributed by atoms with Gasteiger partial charge in [-0.05, 0) is 63.5 Å². The second-order valence-electron chi connectivity index (χ2n) is 8.02. The predicted molar refractivity (Wildman–Crippen MR) is 133 cm³/mol. The molecule has 0 N–H and O–H groups in total. The Hall–Kier alpha value is -0.650. The number of carbonyl (C=O) groups is 2. The molecule has 160 valence electrons. The molecule has 0 aliphatic heterocycles. The van der Waals surface area contributed by atoms with Gasteiger partial charge in [0, 0.05) is 21.0 Å². The molecule has 2 rings (SSSR count). The Balaban J connectivity index is 1.81. The summed E-state index contributed by atoms with van der Waals surface area (Å²) >= 11 is 5.00. The van der Waals surface area contributed by atoms with Crippen LogP contribution < -0.4 is 0 Å². The Bertz CT molecular complexity index is 609. The summed E-state index contributed by atoms with van der Waals surface area (Å²) in [6, 6.07) is 0. The first-order chi connectivity index (χ1) is 13.8. The van der Waals surface area contributed by atoms with E-state index in [2.05, 4.69) is 49.2 Å². The Morgan fingerprint density at radius 3 is 1.55 bits per heavy atom. The van der Waals surface area contributed by atoms with Gasteiger partial charge < -0.3 is 0 Å². The van der Waals surface area contributed by atoms with Gasteiger partial charge in [-0.1, -0.05) is 73.8 Å². The molecule has 0 saturated heterocycles. The number of carbonyl (C=O) groups excluding carboxylic acids is 2. The lowest BCUT2D eigenvalue weighted by Crippen LogP contribution is -2.15. The number of allylic oxidation sites excluding steroid dienone is 2. The standard InChI is InChI=1S/C24H34O2S3/c1-17(2)23(25)28-21-13-5-9-19(10-6-14-21)27-20-11-7-15-22(16-8-12-20)29-24(26)18(3)4/h5,7,9,11,19-22H,1,3,6,8,10,12-16H2,2,4H3. The van der Waals surface area contributed by atoms with Crippen LogP contribution in [0.2, 0.25) is 0 Å². The van der Waals surface area contributed by atoms with Gasteiger partial charge in [0.15, 0.2) is 0 Å². The van der Waals surface area contributed by atoms with Gasteiger partial charge in [0.2, 0.25) is 10.2 Å². The molecule has 0 amide bonds. The van der Waals surface area contributed by atoms with Crippen molar-refractivity contribution in [1.29, 1.82) is 0 Å². The zero-order valence-electron chi connectivity index (χ0n) is 17.7.